The molecule has 0 fully saturated rings. The summed E-state index contributed by atoms with van der Waals surface area (Å²) in [7, 11) is -3.70. The summed E-state index contributed by atoms with van der Waals surface area (Å²) < 4.78 is 28.5. The van der Waals surface area contributed by atoms with Crippen LogP contribution in [0.3, 0.4) is 0 Å². The largest absolute Gasteiger partial charge is 0.312 e. The van der Waals surface area contributed by atoms with Gasteiger partial charge < -0.3 is 10.3 Å². The first-order valence-electron chi connectivity index (χ1n) is 7.49. The van der Waals surface area contributed by atoms with Crippen LogP contribution in [0.15, 0.2) is 46.1 Å². The van der Waals surface area contributed by atoms with Crippen LogP contribution in [0, 0.1) is 0 Å². The molecule has 0 spiro atoms. The van der Waals surface area contributed by atoms with E-state index in [1.165, 1.54) is 17.7 Å². The Balaban J connectivity index is 1.67. The topological polar surface area (TPSA) is 91.1 Å². The molecule has 2 heterocycles. The molecule has 2 aromatic carbocycles. The van der Waals surface area contributed by atoms with Gasteiger partial charge >= 0.3 is 4.87 Å². The molecule has 0 bridgehead atoms. The lowest BCUT2D eigenvalue weighted by Gasteiger charge is -2.18. The van der Waals surface area contributed by atoms with Crippen LogP contribution in [0.25, 0.3) is 10.2 Å². The number of sulfonamides is 1. The number of H-pyrrole nitrogens is 1. The van der Waals surface area contributed by atoms with Crippen LogP contribution in [-0.4, -0.2) is 19.9 Å². The fourth-order valence-corrected chi connectivity index (χ4v) is 4.78. The Morgan fingerprint density at radius 1 is 1.08 bits per heavy atom. The van der Waals surface area contributed by atoms with E-state index in [1.807, 2.05) is 12.1 Å². The molecule has 1 aliphatic rings. The smallest absolute Gasteiger partial charge is 0.305 e. The average molecular weight is 361 g/mol. The first-order valence-corrected chi connectivity index (χ1v) is 9.79. The summed E-state index contributed by atoms with van der Waals surface area (Å²) in [5.41, 5.74) is 3.54. The second-order valence-electron chi connectivity index (χ2n) is 5.69. The predicted octanol–water partition coefficient (Wildman–Crippen LogP) is 2.04. The number of aromatic nitrogens is 1. The van der Waals surface area contributed by atoms with Gasteiger partial charge in [0.1, 0.15) is 0 Å². The van der Waals surface area contributed by atoms with Crippen molar-refractivity contribution in [1.82, 2.24) is 10.3 Å². The maximum Gasteiger partial charge on any atom is 0.305 e. The third kappa shape index (κ3) is 2.83. The standard InChI is InChI=1S/C16H15N3O3S2/c20-16-18-14-4-3-13(8-15(14)23-16)24(21,22)19-12-2-1-10-5-6-17-9-11(10)7-12/h1-4,7-8,17,19H,5-6,9H2,(H,18,20). The van der Waals surface area contributed by atoms with Crippen LogP contribution in [0.2, 0.25) is 0 Å². The zero-order valence-electron chi connectivity index (χ0n) is 12.6. The minimum absolute atomic E-state index is 0.140. The summed E-state index contributed by atoms with van der Waals surface area (Å²) in [6, 6.07) is 10.2. The Morgan fingerprint density at radius 3 is 2.83 bits per heavy atom. The van der Waals surface area contributed by atoms with Crippen molar-refractivity contribution in [3.8, 4) is 0 Å². The van der Waals surface area contributed by atoms with Crippen molar-refractivity contribution in [2.75, 3.05) is 11.3 Å². The van der Waals surface area contributed by atoms with E-state index in [-0.39, 0.29) is 9.77 Å². The molecule has 3 N–H and O–H groups in total. The fourth-order valence-electron chi connectivity index (χ4n) is 2.85. The molecule has 4 rings (SSSR count). The van der Waals surface area contributed by atoms with Crippen LogP contribution in [0.4, 0.5) is 5.69 Å². The van der Waals surface area contributed by atoms with Crippen molar-refractivity contribution in [2.45, 2.75) is 17.9 Å². The molecule has 0 saturated heterocycles. The number of thiazole rings is 1. The van der Waals surface area contributed by atoms with Gasteiger partial charge in [-0.3, -0.25) is 9.52 Å². The molecule has 0 unspecified atom stereocenters. The van der Waals surface area contributed by atoms with Crippen LogP contribution >= 0.6 is 11.3 Å². The molecule has 1 aromatic heterocycles. The number of hydrogen-bond acceptors (Lipinski definition) is 5. The van der Waals surface area contributed by atoms with Gasteiger partial charge in [0, 0.05) is 12.2 Å². The maximum absolute atomic E-state index is 12.6. The number of hydrogen-bond donors (Lipinski definition) is 3. The van der Waals surface area contributed by atoms with Gasteiger partial charge in [-0.05, 0) is 54.4 Å². The predicted molar refractivity (Wildman–Crippen MR) is 95.1 cm³/mol. The first-order chi connectivity index (χ1) is 11.5. The molecule has 8 heteroatoms. The Morgan fingerprint density at radius 2 is 1.96 bits per heavy atom. The molecule has 3 aromatic rings. The summed E-state index contributed by atoms with van der Waals surface area (Å²) in [4.78, 5) is 14.0. The van der Waals surface area contributed by atoms with Crippen LogP contribution in [-0.2, 0) is 23.0 Å². The molecule has 0 amide bonds. The van der Waals surface area contributed by atoms with Crippen LogP contribution in [0.5, 0.6) is 0 Å². The number of nitrogens with one attached hydrogen (secondary N) is 3. The highest BCUT2D eigenvalue weighted by Crippen LogP contribution is 2.24. The number of fused-ring (bicyclic) bond motifs is 2. The van der Waals surface area contributed by atoms with E-state index < -0.39 is 10.0 Å². The van der Waals surface area contributed by atoms with Gasteiger partial charge in [0.15, 0.2) is 0 Å². The zero-order chi connectivity index (χ0) is 16.7. The van der Waals surface area contributed by atoms with Crippen molar-refractivity contribution in [2.24, 2.45) is 0 Å². The van der Waals surface area contributed by atoms with E-state index >= 15 is 0 Å². The number of rotatable bonds is 3. The van der Waals surface area contributed by atoms with Crippen molar-refractivity contribution in [3.63, 3.8) is 0 Å². The highest BCUT2D eigenvalue weighted by atomic mass is 32.2. The maximum atomic E-state index is 12.6. The number of benzene rings is 2. The summed E-state index contributed by atoms with van der Waals surface area (Å²) >= 11 is 0.996. The normalized spacial score (nSPS) is 14.5. The van der Waals surface area contributed by atoms with Gasteiger partial charge in [0.25, 0.3) is 10.0 Å². The quantitative estimate of drug-likeness (QED) is 0.666. The van der Waals surface area contributed by atoms with E-state index in [1.54, 1.807) is 12.1 Å². The molecular weight excluding hydrogens is 346 g/mol. The lowest BCUT2D eigenvalue weighted by Crippen LogP contribution is -2.23. The molecule has 0 atom stereocenters. The monoisotopic (exact) mass is 361 g/mol. The molecule has 124 valence electrons. The Kier molecular flexibility index (Phi) is 3.67. The summed E-state index contributed by atoms with van der Waals surface area (Å²) in [5.74, 6) is 0. The molecule has 0 aliphatic carbocycles. The highest BCUT2D eigenvalue weighted by molar-refractivity contribution is 7.92. The summed E-state index contributed by atoms with van der Waals surface area (Å²) in [6.07, 6.45) is 0.950. The first kappa shape index (κ1) is 15.4. The molecule has 0 radical (unpaired) electrons. The summed E-state index contributed by atoms with van der Waals surface area (Å²) in [5, 5.41) is 3.28. The lowest BCUT2D eigenvalue weighted by atomic mass is 10.0. The average Bonchev–Trinajstić information content (AvgIpc) is 2.93. The van der Waals surface area contributed by atoms with Gasteiger partial charge in [-0.25, -0.2) is 8.42 Å². The van der Waals surface area contributed by atoms with Gasteiger partial charge in [-0.15, -0.1) is 0 Å². The van der Waals surface area contributed by atoms with E-state index in [9.17, 15) is 13.2 Å². The molecule has 0 saturated carbocycles. The molecule has 6 nitrogen and oxygen atoms in total. The number of aromatic amines is 1. The minimum Gasteiger partial charge on any atom is -0.312 e. The van der Waals surface area contributed by atoms with E-state index in [0.29, 0.717) is 15.9 Å². The van der Waals surface area contributed by atoms with Gasteiger partial charge in [-0.2, -0.15) is 0 Å². The van der Waals surface area contributed by atoms with E-state index in [2.05, 4.69) is 15.0 Å². The molecule has 24 heavy (non-hydrogen) atoms. The highest BCUT2D eigenvalue weighted by Gasteiger charge is 2.17. The molecular formula is C16H15N3O3S2. The van der Waals surface area contributed by atoms with Gasteiger partial charge in [0.05, 0.1) is 15.1 Å². The van der Waals surface area contributed by atoms with Crippen molar-refractivity contribution < 1.29 is 8.42 Å². The minimum atomic E-state index is -3.70. The van der Waals surface area contributed by atoms with Crippen LogP contribution < -0.4 is 14.9 Å². The third-order valence-electron chi connectivity index (χ3n) is 4.05. The lowest BCUT2D eigenvalue weighted by molar-refractivity contribution is 0.601. The van der Waals surface area contributed by atoms with Crippen molar-refractivity contribution in [3.05, 3.63) is 57.2 Å². The van der Waals surface area contributed by atoms with Crippen molar-refractivity contribution >= 4 is 37.3 Å². The SMILES string of the molecule is O=c1[nH]c2ccc(S(=O)(=O)Nc3ccc4c(c3)CNCC4)cc2s1. The summed E-state index contributed by atoms with van der Waals surface area (Å²) in [6.45, 7) is 1.69. The van der Waals surface area contributed by atoms with Crippen LogP contribution in [0.1, 0.15) is 11.1 Å². The Bertz CT molecular complexity index is 1080. The van der Waals surface area contributed by atoms with Gasteiger partial charge in [0.2, 0.25) is 0 Å². The molecule has 1 aliphatic heterocycles. The van der Waals surface area contributed by atoms with E-state index in [0.717, 1.165) is 36.4 Å². The van der Waals surface area contributed by atoms with E-state index in [4.69, 9.17) is 0 Å². The Labute approximate surface area is 142 Å². The van der Waals surface area contributed by atoms with Crippen molar-refractivity contribution in [1.29, 1.82) is 0 Å². The second kappa shape index (κ2) is 5.73. The second-order valence-corrected chi connectivity index (χ2v) is 8.39. The zero-order valence-corrected chi connectivity index (χ0v) is 14.3. The van der Waals surface area contributed by atoms with Gasteiger partial charge in [-0.1, -0.05) is 17.4 Å². The Hall–Kier alpha value is -2.16. The fraction of sp³-hybridized carbons (Fsp3) is 0.188. The number of anilines is 1. The third-order valence-corrected chi connectivity index (χ3v) is 6.27.